The summed E-state index contributed by atoms with van der Waals surface area (Å²) in [5, 5.41) is 1.62. The van der Waals surface area contributed by atoms with Gasteiger partial charge in [0.15, 0.2) is 0 Å². The molecule has 0 fully saturated rings. The Labute approximate surface area is 163 Å². The highest BCUT2D eigenvalue weighted by atomic mass is 28.4. The van der Waals surface area contributed by atoms with E-state index in [1.165, 1.54) is 7.11 Å². The van der Waals surface area contributed by atoms with E-state index in [9.17, 15) is 4.79 Å². The summed E-state index contributed by atoms with van der Waals surface area (Å²) in [5.74, 6) is -0.871. The third-order valence-corrected chi connectivity index (χ3v) is 14.3. The van der Waals surface area contributed by atoms with Crippen molar-refractivity contribution in [2.45, 2.75) is 90.8 Å². The Morgan fingerprint density at radius 1 is 0.962 bits per heavy atom. The number of carbonyl (C=O) groups is 1. The van der Waals surface area contributed by atoms with Crippen LogP contribution in [0.3, 0.4) is 0 Å². The Balaban J connectivity index is 5.89. The molecule has 0 aliphatic rings. The summed E-state index contributed by atoms with van der Waals surface area (Å²) >= 11 is 0. The molecule has 154 valence electrons. The van der Waals surface area contributed by atoms with Crippen molar-refractivity contribution in [1.29, 1.82) is 0 Å². The van der Waals surface area contributed by atoms with Gasteiger partial charge >= 0.3 is 5.97 Å². The fourth-order valence-corrected chi connectivity index (χ4v) is 3.59. The number of nitrogens with zero attached hydrogens (tertiary/aromatic N) is 1. The summed E-state index contributed by atoms with van der Waals surface area (Å²) in [4.78, 5) is 12.2. The van der Waals surface area contributed by atoms with Crippen LogP contribution >= 0.6 is 0 Å². The van der Waals surface area contributed by atoms with Crippen LogP contribution in [0, 0.1) is 5.92 Å². The molecule has 0 spiro atoms. The van der Waals surface area contributed by atoms with Crippen molar-refractivity contribution in [1.82, 2.24) is 5.23 Å². The van der Waals surface area contributed by atoms with Crippen LogP contribution in [-0.2, 0) is 18.6 Å². The summed E-state index contributed by atoms with van der Waals surface area (Å²) in [7, 11) is -2.92. The van der Waals surface area contributed by atoms with Gasteiger partial charge in [-0.3, -0.25) is 4.79 Å². The first-order chi connectivity index (χ1) is 11.4. The molecule has 0 aliphatic heterocycles. The van der Waals surface area contributed by atoms with Gasteiger partial charge in [-0.05, 0) is 43.2 Å². The van der Waals surface area contributed by atoms with Gasteiger partial charge in [0, 0.05) is 0 Å². The number of hydrogen-bond acceptors (Lipinski definition) is 5. The van der Waals surface area contributed by atoms with E-state index in [-0.39, 0.29) is 22.1 Å². The number of ether oxygens (including phenoxy) is 1. The minimum absolute atomic E-state index is 0.0106. The van der Waals surface area contributed by atoms with Crippen molar-refractivity contribution in [2.24, 2.45) is 5.92 Å². The second-order valence-corrected chi connectivity index (χ2v) is 19.4. The lowest BCUT2D eigenvalue weighted by Crippen LogP contribution is -2.56. The largest absolute Gasteiger partial charge is 0.469 e. The first-order valence-electron chi connectivity index (χ1n) is 9.29. The highest BCUT2D eigenvalue weighted by molar-refractivity contribution is 6.74. The van der Waals surface area contributed by atoms with Gasteiger partial charge < -0.3 is 13.8 Å². The maximum atomic E-state index is 12.2. The Hall–Kier alpha value is -0.476. The highest BCUT2D eigenvalue weighted by Crippen LogP contribution is 2.41. The average molecular weight is 404 g/mol. The number of rotatable bonds is 8. The Bertz CT molecular complexity index is 465. The predicted octanol–water partition coefficient (Wildman–Crippen LogP) is 5.53. The molecular formula is C19H41NO4Si2. The van der Waals surface area contributed by atoms with Gasteiger partial charge in [-0.2, -0.15) is 0 Å². The maximum Gasteiger partial charge on any atom is 0.314 e. The normalized spacial score (nSPS) is 16.3. The zero-order valence-electron chi connectivity index (χ0n) is 19.0. The summed E-state index contributed by atoms with van der Waals surface area (Å²) in [6, 6.07) is -0.344. The molecule has 0 amide bonds. The molecule has 0 saturated heterocycles. The van der Waals surface area contributed by atoms with E-state index in [2.05, 4.69) is 74.3 Å². The molecule has 7 heteroatoms. The van der Waals surface area contributed by atoms with Gasteiger partial charge in [-0.15, -0.1) is 6.58 Å². The second-order valence-electron chi connectivity index (χ2n) is 10.0. The van der Waals surface area contributed by atoms with Gasteiger partial charge in [0.2, 0.25) is 16.6 Å². The third kappa shape index (κ3) is 6.30. The molecule has 0 aliphatic carbocycles. The standard InChI is InChI=1S/C19H41NO4Si2/c1-14-16(17(21)22-9)15(2)20(23-25(10,11)18(3,4)5)24-26(12,13)19(6,7)8/h14-16H,1H2,2-13H3. The monoisotopic (exact) mass is 403 g/mol. The van der Waals surface area contributed by atoms with Crippen molar-refractivity contribution < 1.29 is 18.6 Å². The molecule has 2 unspecified atom stereocenters. The van der Waals surface area contributed by atoms with E-state index < -0.39 is 22.6 Å². The van der Waals surface area contributed by atoms with Crippen molar-refractivity contribution in [3.05, 3.63) is 12.7 Å². The molecular weight excluding hydrogens is 362 g/mol. The molecule has 0 N–H and O–H groups in total. The molecule has 2 atom stereocenters. The van der Waals surface area contributed by atoms with Gasteiger partial charge in [0.1, 0.15) is 0 Å². The molecule has 0 heterocycles. The highest BCUT2D eigenvalue weighted by Gasteiger charge is 2.46. The Morgan fingerprint density at radius 2 is 1.31 bits per heavy atom. The van der Waals surface area contributed by atoms with Crippen LogP contribution in [0.1, 0.15) is 48.5 Å². The summed E-state index contributed by atoms with van der Waals surface area (Å²) in [5.41, 5.74) is 0. The zero-order chi connectivity index (χ0) is 21.1. The topological polar surface area (TPSA) is 48.0 Å². The van der Waals surface area contributed by atoms with Crippen LogP contribution in [0.25, 0.3) is 0 Å². The Kier molecular flexibility index (Phi) is 8.53. The summed E-state index contributed by atoms with van der Waals surface area (Å²) in [6.07, 6.45) is 1.60. The predicted molar refractivity (Wildman–Crippen MR) is 114 cm³/mol. The van der Waals surface area contributed by atoms with Crippen molar-refractivity contribution in [3.63, 3.8) is 0 Å². The van der Waals surface area contributed by atoms with E-state index in [4.69, 9.17) is 13.8 Å². The molecule has 0 bridgehead atoms. The van der Waals surface area contributed by atoms with Gasteiger partial charge in [0.25, 0.3) is 0 Å². The Morgan fingerprint density at radius 3 is 1.54 bits per heavy atom. The molecule has 0 aromatic rings. The summed E-state index contributed by atoms with van der Waals surface area (Å²) in [6.45, 7) is 27.5. The number of carbonyl (C=O) groups excluding carboxylic acids is 1. The molecule has 0 aromatic carbocycles. The smallest absolute Gasteiger partial charge is 0.314 e. The molecule has 26 heavy (non-hydrogen) atoms. The maximum absolute atomic E-state index is 12.2. The lowest BCUT2D eigenvalue weighted by molar-refractivity contribution is -0.303. The fourth-order valence-electron chi connectivity index (χ4n) is 1.67. The molecule has 0 saturated carbocycles. The van der Waals surface area contributed by atoms with Crippen molar-refractivity contribution in [3.8, 4) is 0 Å². The van der Waals surface area contributed by atoms with Crippen LogP contribution < -0.4 is 0 Å². The van der Waals surface area contributed by atoms with E-state index >= 15 is 0 Å². The number of methoxy groups -OCH3 is 1. The lowest BCUT2D eigenvalue weighted by Gasteiger charge is -2.46. The van der Waals surface area contributed by atoms with Crippen LogP contribution in [0.2, 0.25) is 36.3 Å². The van der Waals surface area contributed by atoms with E-state index in [1.54, 1.807) is 11.3 Å². The third-order valence-electron chi connectivity index (χ3n) is 5.83. The summed E-state index contributed by atoms with van der Waals surface area (Å²) < 4.78 is 17.9. The molecule has 5 nitrogen and oxygen atoms in total. The molecule has 0 radical (unpaired) electrons. The molecule has 0 rings (SSSR count). The first kappa shape index (κ1) is 25.5. The van der Waals surface area contributed by atoms with Crippen LogP contribution in [0.4, 0.5) is 0 Å². The minimum Gasteiger partial charge on any atom is -0.469 e. The van der Waals surface area contributed by atoms with Crippen LogP contribution in [0.5, 0.6) is 0 Å². The van der Waals surface area contributed by atoms with Crippen molar-refractivity contribution in [2.75, 3.05) is 7.11 Å². The van der Waals surface area contributed by atoms with Gasteiger partial charge in [0.05, 0.1) is 19.1 Å². The second kappa shape index (κ2) is 8.69. The zero-order valence-corrected chi connectivity index (χ0v) is 21.0. The van der Waals surface area contributed by atoms with Gasteiger partial charge in [-0.1, -0.05) is 52.8 Å². The fraction of sp³-hybridized carbons (Fsp3) is 0.842. The van der Waals surface area contributed by atoms with E-state index in [0.717, 1.165) is 0 Å². The first-order valence-corrected chi connectivity index (χ1v) is 15.1. The average Bonchev–Trinajstić information content (AvgIpc) is 2.43. The lowest BCUT2D eigenvalue weighted by atomic mass is 10.0. The van der Waals surface area contributed by atoms with Crippen molar-refractivity contribution >= 4 is 22.6 Å². The van der Waals surface area contributed by atoms with Gasteiger partial charge in [-0.25, -0.2) is 0 Å². The minimum atomic E-state index is -2.16. The SMILES string of the molecule is C=CC(C(=O)OC)C(C)N(O[Si](C)(C)C(C)(C)C)O[Si](C)(C)C(C)(C)C. The van der Waals surface area contributed by atoms with Crippen LogP contribution in [0.15, 0.2) is 12.7 Å². The number of hydroxylamine groups is 2. The quantitative estimate of drug-likeness (QED) is 0.231. The van der Waals surface area contributed by atoms with E-state index in [1.807, 2.05) is 6.92 Å². The van der Waals surface area contributed by atoms with Crippen LogP contribution in [-0.4, -0.2) is 41.0 Å². The van der Waals surface area contributed by atoms with E-state index in [0.29, 0.717) is 0 Å². The molecule has 0 aromatic heterocycles. The number of hydrogen-bond donors (Lipinski definition) is 0. The number of esters is 1.